The Morgan fingerprint density at radius 1 is 1.00 bits per heavy atom. The van der Waals surface area contributed by atoms with Crippen molar-refractivity contribution < 1.29 is 14.7 Å². The Bertz CT molecular complexity index is 740. The zero-order valence-corrected chi connectivity index (χ0v) is 13.6. The number of carboxylic acids is 1. The first-order valence-corrected chi connectivity index (χ1v) is 8.31. The minimum atomic E-state index is -0.982. The number of aliphatic carboxylic acids is 1. The molecule has 1 amide bonds. The Kier molecular flexibility index (Phi) is 4.94. The molecule has 2 aromatic carbocycles. The third kappa shape index (κ3) is 3.65. The van der Waals surface area contributed by atoms with Crippen LogP contribution in [0.5, 0.6) is 0 Å². The Morgan fingerprint density at radius 3 is 2.54 bits per heavy atom. The van der Waals surface area contributed by atoms with Gasteiger partial charge < -0.3 is 10.0 Å². The summed E-state index contributed by atoms with van der Waals surface area (Å²) in [6.45, 7) is 0.133. The zero-order chi connectivity index (χ0) is 16.9. The van der Waals surface area contributed by atoms with Crippen LogP contribution in [0.3, 0.4) is 0 Å². The number of aryl methyl sites for hydroxylation is 1. The normalized spacial score (nSPS) is 12.7. The molecule has 0 aliphatic heterocycles. The van der Waals surface area contributed by atoms with Gasteiger partial charge in [-0.1, -0.05) is 42.5 Å². The van der Waals surface area contributed by atoms with Gasteiger partial charge in [0.05, 0.1) is 0 Å². The molecule has 1 aliphatic rings. The van der Waals surface area contributed by atoms with Crippen molar-refractivity contribution >= 4 is 11.9 Å². The third-order valence-electron chi connectivity index (χ3n) is 4.50. The Labute approximate surface area is 141 Å². The van der Waals surface area contributed by atoms with Gasteiger partial charge in [-0.25, -0.2) is 0 Å². The van der Waals surface area contributed by atoms with E-state index < -0.39 is 5.97 Å². The Balaban J connectivity index is 1.79. The molecule has 0 saturated carbocycles. The number of rotatable bonds is 6. The second kappa shape index (κ2) is 7.30. The molecule has 0 spiro atoms. The van der Waals surface area contributed by atoms with Gasteiger partial charge in [-0.05, 0) is 48.4 Å². The van der Waals surface area contributed by atoms with E-state index in [0.29, 0.717) is 18.5 Å². The molecule has 0 atom stereocenters. The van der Waals surface area contributed by atoms with Crippen molar-refractivity contribution in [3.05, 3.63) is 70.8 Å². The number of nitrogens with zero attached hydrogens (tertiary/aromatic N) is 1. The number of amides is 1. The van der Waals surface area contributed by atoms with Crippen LogP contribution in [0.4, 0.5) is 0 Å². The van der Waals surface area contributed by atoms with E-state index in [1.165, 1.54) is 10.5 Å². The highest BCUT2D eigenvalue weighted by molar-refractivity contribution is 5.97. The maximum atomic E-state index is 12.9. The fourth-order valence-electron chi connectivity index (χ4n) is 3.31. The number of hydrogen-bond acceptors (Lipinski definition) is 2. The molecule has 124 valence electrons. The minimum absolute atomic E-state index is 0.174. The third-order valence-corrected chi connectivity index (χ3v) is 4.50. The van der Waals surface area contributed by atoms with Gasteiger partial charge in [0.15, 0.2) is 0 Å². The van der Waals surface area contributed by atoms with Crippen molar-refractivity contribution in [2.24, 2.45) is 0 Å². The second-order valence-corrected chi connectivity index (χ2v) is 6.15. The van der Waals surface area contributed by atoms with Crippen LogP contribution in [-0.4, -0.2) is 35.0 Å². The highest BCUT2D eigenvalue weighted by Gasteiger charge is 2.24. The molecule has 0 heterocycles. The van der Waals surface area contributed by atoms with Crippen molar-refractivity contribution in [1.82, 2.24) is 4.90 Å². The molecule has 2 aromatic rings. The molecule has 4 nitrogen and oxygen atoms in total. The lowest BCUT2D eigenvalue weighted by Crippen LogP contribution is -2.37. The lowest BCUT2D eigenvalue weighted by atomic mass is 10.0. The summed E-state index contributed by atoms with van der Waals surface area (Å²) in [6.07, 6.45) is 3.60. The SMILES string of the molecule is O=C(O)CN(CCc1ccccc1)C(=O)c1cccc2c1CCC2. The predicted octanol–water partition coefficient (Wildman–Crippen LogP) is 2.94. The standard InChI is InChI=1S/C20H21NO3/c22-19(23)14-21(13-12-15-6-2-1-3-7-15)20(24)18-11-5-9-16-8-4-10-17(16)18/h1-3,5-7,9,11H,4,8,10,12-14H2,(H,22,23). The maximum absolute atomic E-state index is 12.9. The minimum Gasteiger partial charge on any atom is -0.480 e. The monoisotopic (exact) mass is 323 g/mol. The first-order valence-electron chi connectivity index (χ1n) is 8.31. The highest BCUT2D eigenvalue weighted by atomic mass is 16.4. The van der Waals surface area contributed by atoms with Crippen molar-refractivity contribution in [2.75, 3.05) is 13.1 Å². The first kappa shape index (κ1) is 16.2. The molecule has 3 rings (SSSR count). The van der Waals surface area contributed by atoms with Gasteiger partial charge in [0.2, 0.25) is 0 Å². The van der Waals surface area contributed by atoms with Gasteiger partial charge in [-0.3, -0.25) is 9.59 Å². The van der Waals surface area contributed by atoms with Crippen molar-refractivity contribution in [2.45, 2.75) is 25.7 Å². The molecule has 0 aromatic heterocycles. The van der Waals surface area contributed by atoms with Crippen molar-refractivity contribution in [3.8, 4) is 0 Å². The van der Waals surface area contributed by atoms with E-state index in [2.05, 4.69) is 6.07 Å². The van der Waals surface area contributed by atoms with E-state index in [1.54, 1.807) is 0 Å². The Hall–Kier alpha value is -2.62. The molecule has 1 aliphatic carbocycles. The average Bonchev–Trinajstić information content (AvgIpc) is 3.07. The zero-order valence-electron chi connectivity index (χ0n) is 13.6. The van der Waals surface area contributed by atoms with Gasteiger partial charge in [0, 0.05) is 12.1 Å². The molecular weight excluding hydrogens is 302 g/mol. The van der Waals surface area contributed by atoms with Crippen LogP contribution in [0.1, 0.15) is 33.5 Å². The topological polar surface area (TPSA) is 57.6 Å². The van der Waals surface area contributed by atoms with E-state index in [-0.39, 0.29) is 12.5 Å². The van der Waals surface area contributed by atoms with Gasteiger partial charge in [0.25, 0.3) is 5.91 Å². The number of benzene rings is 2. The van der Waals surface area contributed by atoms with E-state index in [1.807, 2.05) is 42.5 Å². The fourth-order valence-corrected chi connectivity index (χ4v) is 3.31. The number of hydrogen-bond donors (Lipinski definition) is 1. The van der Waals surface area contributed by atoms with E-state index in [0.717, 1.165) is 30.4 Å². The smallest absolute Gasteiger partial charge is 0.323 e. The van der Waals surface area contributed by atoms with Crippen molar-refractivity contribution in [1.29, 1.82) is 0 Å². The maximum Gasteiger partial charge on any atom is 0.323 e. The lowest BCUT2D eigenvalue weighted by molar-refractivity contribution is -0.137. The van der Waals surface area contributed by atoms with Crippen LogP contribution in [0.25, 0.3) is 0 Å². The molecule has 24 heavy (non-hydrogen) atoms. The lowest BCUT2D eigenvalue weighted by Gasteiger charge is -2.22. The average molecular weight is 323 g/mol. The van der Waals surface area contributed by atoms with Crippen molar-refractivity contribution in [3.63, 3.8) is 0 Å². The summed E-state index contributed by atoms with van der Waals surface area (Å²) in [7, 11) is 0. The Morgan fingerprint density at radius 2 is 1.79 bits per heavy atom. The summed E-state index contributed by atoms with van der Waals surface area (Å²) in [4.78, 5) is 25.6. The predicted molar refractivity (Wildman–Crippen MR) is 92.2 cm³/mol. The van der Waals surface area contributed by atoms with Crippen LogP contribution in [0.15, 0.2) is 48.5 Å². The number of fused-ring (bicyclic) bond motifs is 1. The fraction of sp³-hybridized carbons (Fsp3) is 0.300. The molecule has 0 bridgehead atoms. The van der Waals surface area contributed by atoms with Crippen LogP contribution >= 0.6 is 0 Å². The summed E-state index contributed by atoms with van der Waals surface area (Å²) in [6, 6.07) is 15.6. The summed E-state index contributed by atoms with van der Waals surface area (Å²) in [5, 5.41) is 9.18. The number of carbonyl (C=O) groups is 2. The van der Waals surface area contributed by atoms with E-state index in [4.69, 9.17) is 0 Å². The number of carboxylic acid groups (broad SMARTS) is 1. The molecule has 4 heteroatoms. The molecular formula is C20H21NO3. The van der Waals surface area contributed by atoms with Crippen LogP contribution in [-0.2, 0) is 24.1 Å². The summed E-state index contributed by atoms with van der Waals surface area (Å²) in [5.74, 6) is -1.16. The molecule has 0 radical (unpaired) electrons. The first-order chi connectivity index (χ1) is 11.6. The molecule has 1 N–H and O–H groups in total. The van der Waals surface area contributed by atoms with Gasteiger partial charge in [-0.15, -0.1) is 0 Å². The van der Waals surface area contributed by atoms with Gasteiger partial charge in [-0.2, -0.15) is 0 Å². The molecule has 0 saturated heterocycles. The van der Waals surface area contributed by atoms with Crippen LogP contribution in [0.2, 0.25) is 0 Å². The van der Waals surface area contributed by atoms with Gasteiger partial charge >= 0.3 is 5.97 Å². The molecule has 0 fully saturated rings. The van der Waals surface area contributed by atoms with Crippen LogP contribution in [0, 0.1) is 0 Å². The van der Waals surface area contributed by atoms with Gasteiger partial charge in [0.1, 0.15) is 6.54 Å². The number of carbonyl (C=O) groups excluding carboxylic acids is 1. The molecule has 0 unspecified atom stereocenters. The van der Waals surface area contributed by atoms with E-state index in [9.17, 15) is 14.7 Å². The second-order valence-electron chi connectivity index (χ2n) is 6.15. The van der Waals surface area contributed by atoms with E-state index >= 15 is 0 Å². The largest absolute Gasteiger partial charge is 0.480 e. The quantitative estimate of drug-likeness (QED) is 0.889. The highest BCUT2D eigenvalue weighted by Crippen LogP contribution is 2.26. The summed E-state index contributed by atoms with van der Waals surface area (Å²) >= 11 is 0. The van der Waals surface area contributed by atoms with Crippen LogP contribution < -0.4 is 0 Å². The summed E-state index contributed by atoms with van der Waals surface area (Å²) in [5.41, 5.74) is 4.08. The summed E-state index contributed by atoms with van der Waals surface area (Å²) < 4.78 is 0.